The monoisotopic (exact) mass is 579 g/mol. The van der Waals surface area contributed by atoms with Gasteiger partial charge in [-0.15, -0.1) is 0 Å². The maximum atomic E-state index is 9.66. The third-order valence-corrected chi connectivity index (χ3v) is 7.25. The van der Waals surface area contributed by atoms with Gasteiger partial charge in [0, 0.05) is 32.4 Å². The Morgan fingerprint density at radius 3 is 2.18 bits per heavy atom. The number of halogens is 2. The molecule has 0 unspecified atom stereocenters. The number of nitrogens with one attached hydrogen (secondary N) is 1. The van der Waals surface area contributed by atoms with E-state index >= 15 is 0 Å². The summed E-state index contributed by atoms with van der Waals surface area (Å²) in [6, 6.07) is 34.6. The van der Waals surface area contributed by atoms with E-state index in [1.54, 1.807) is 0 Å². The lowest BCUT2D eigenvalue weighted by atomic mass is 9.91. The van der Waals surface area contributed by atoms with Crippen LogP contribution in [0.3, 0.4) is 0 Å². The molecule has 38 heavy (non-hydrogen) atoms. The van der Waals surface area contributed by atoms with Crippen LogP contribution < -0.4 is 5.32 Å². The van der Waals surface area contributed by atoms with Crippen LogP contribution in [0.4, 0.5) is 5.82 Å². The zero-order chi connectivity index (χ0) is 26.1. The number of aliphatic hydroxyl groups is 1. The summed E-state index contributed by atoms with van der Waals surface area (Å²) in [4.78, 5) is 10.1. The summed E-state index contributed by atoms with van der Waals surface area (Å²) in [6.07, 6.45) is 0. The number of rotatable bonds is 6. The van der Waals surface area contributed by atoms with Gasteiger partial charge in [-0.1, -0.05) is 94.3 Å². The summed E-state index contributed by atoms with van der Waals surface area (Å²) in [5.41, 5.74) is 7.51. The van der Waals surface area contributed by atoms with Crippen molar-refractivity contribution in [2.75, 3.05) is 18.5 Å². The summed E-state index contributed by atoms with van der Waals surface area (Å²) in [5, 5.41) is 15.7. The van der Waals surface area contributed by atoms with Crippen molar-refractivity contribution < 1.29 is 5.11 Å². The Morgan fingerprint density at radius 1 is 0.711 bits per heavy atom. The summed E-state index contributed by atoms with van der Waals surface area (Å²) >= 11 is 10.1. The van der Waals surface area contributed by atoms with Crippen molar-refractivity contribution in [2.24, 2.45) is 0 Å². The first kappa shape index (κ1) is 24.6. The molecule has 6 aromatic rings. The van der Waals surface area contributed by atoms with E-state index < -0.39 is 0 Å². The van der Waals surface area contributed by atoms with Crippen LogP contribution in [-0.4, -0.2) is 28.2 Å². The molecule has 0 spiro atoms. The molecule has 6 heteroatoms. The van der Waals surface area contributed by atoms with Gasteiger partial charge in [0.05, 0.1) is 28.9 Å². The van der Waals surface area contributed by atoms with E-state index in [9.17, 15) is 5.11 Å². The Bertz CT molecular complexity index is 1780. The Kier molecular flexibility index (Phi) is 6.81. The third kappa shape index (κ3) is 4.65. The van der Waals surface area contributed by atoms with Crippen LogP contribution >= 0.6 is 27.5 Å². The first-order valence-corrected chi connectivity index (χ1v) is 13.5. The molecule has 0 fully saturated rings. The lowest BCUT2D eigenvalue weighted by Crippen LogP contribution is -2.10. The topological polar surface area (TPSA) is 58.0 Å². The number of fused-ring (bicyclic) bond motifs is 2. The van der Waals surface area contributed by atoms with Crippen LogP contribution in [0, 0.1) is 0 Å². The summed E-state index contributed by atoms with van der Waals surface area (Å²) in [5.74, 6) is 0.667. The van der Waals surface area contributed by atoms with E-state index in [0.29, 0.717) is 17.4 Å². The average Bonchev–Trinajstić information content (AvgIpc) is 2.95. The van der Waals surface area contributed by atoms with Gasteiger partial charge in [-0.2, -0.15) is 0 Å². The van der Waals surface area contributed by atoms with Gasteiger partial charge in [0.25, 0.3) is 0 Å². The zero-order valence-corrected chi connectivity index (χ0v) is 22.7. The molecule has 4 nitrogen and oxygen atoms in total. The summed E-state index contributed by atoms with van der Waals surface area (Å²) in [7, 11) is 0. The van der Waals surface area contributed by atoms with E-state index in [4.69, 9.17) is 21.6 Å². The second-order valence-electron chi connectivity index (χ2n) is 8.97. The normalized spacial score (nSPS) is 11.2. The molecule has 4 aromatic carbocycles. The standard InChI is InChI=1S/C32H23BrClN3O/c33-22-11-14-27-26(17-22)30(21-9-5-2-6-10-21)31(32(37-27)35-15-16-38)29-19-25(20-7-3-1-4-8-20)24-13-12-23(34)18-28(24)36-29/h1-14,17-19,38H,15-16H2,(H,35,37). The number of pyridine rings is 2. The number of anilines is 1. The van der Waals surface area contributed by atoms with Crippen molar-refractivity contribution in [3.05, 3.63) is 113 Å². The molecule has 2 N–H and O–H groups in total. The van der Waals surface area contributed by atoms with Crippen molar-refractivity contribution in [3.63, 3.8) is 0 Å². The molecule has 0 aliphatic heterocycles. The number of benzene rings is 4. The second kappa shape index (κ2) is 10.5. The highest BCUT2D eigenvalue weighted by Gasteiger charge is 2.21. The average molecular weight is 581 g/mol. The molecule has 0 radical (unpaired) electrons. The van der Waals surface area contributed by atoms with E-state index in [1.807, 2.05) is 66.7 Å². The van der Waals surface area contributed by atoms with Crippen LogP contribution in [0.15, 0.2) is 108 Å². The highest BCUT2D eigenvalue weighted by molar-refractivity contribution is 9.10. The largest absolute Gasteiger partial charge is 0.395 e. The molecule has 0 saturated carbocycles. The van der Waals surface area contributed by atoms with Gasteiger partial charge >= 0.3 is 0 Å². The Morgan fingerprint density at radius 2 is 1.45 bits per heavy atom. The van der Waals surface area contributed by atoms with Crippen molar-refractivity contribution in [1.29, 1.82) is 0 Å². The lowest BCUT2D eigenvalue weighted by Gasteiger charge is -2.20. The highest BCUT2D eigenvalue weighted by Crippen LogP contribution is 2.44. The third-order valence-electron chi connectivity index (χ3n) is 6.53. The minimum atomic E-state index is -0.0177. The zero-order valence-electron chi connectivity index (χ0n) is 20.3. The Hall–Kier alpha value is -3.77. The smallest absolute Gasteiger partial charge is 0.136 e. The highest BCUT2D eigenvalue weighted by atomic mass is 79.9. The van der Waals surface area contributed by atoms with Gasteiger partial charge in [0.15, 0.2) is 0 Å². The maximum Gasteiger partial charge on any atom is 0.136 e. The molecule has 0 bridgehead atoms. The van der Waals surface area contributed by atoms with Gasteiger partial charge in [-0.3, -0.25) is 0 Å². The first-order valence-electron chi connectivity index (χ1n) is 12.3. The number of nitrogens with zero attached hydrogens (tertiary/aromatic N) is 2. The first-order chi connectivity index (χ1) is 18.6. The second-order valence-corrected chi connectivity index (χ2v) is 10.3. The van der Waals surface area contributed by atoms with Gasteiger partial charge in [-0.25, -0.2) is 9.97 Å². The summed E-state index contributed by atoms with van der Waals surface area (Å²) < 4.78 is 0.967. The van der Waals surface area contributed by atoms with Crippen LogP contribution in [0.5, 0.6) is 0 Å². The molecular formula is C32H23BrClN3O. The van der Waals surface area contributed by atoms with Gasteiger partial charge in [0.1, 0.15) is 5.82 Å². The molecule has 0 amide bonds. The number of aromatic nitrogens is 2. The molecule has 0 aliphatic carbocycles. The van der Waals surface area contributed by atoms with Crippen LogP contribution in [0.1, 0.15) is 0 Å². The maximum absolute atomic E-state index is 9.66. The molecule has 0 atom stereocenters. The molecule has 186 valence electrons. The molecule has 0 aliphatic rings. The fourth-order valence-corrected chi connectivity index (χ4v) is 5.41. The van der Waals surface area contributed by atoms with E-state index in [1.165, 1.54) is 0 Å². The molecule has 0 saturated heterocycles. The number of aliphatic hydroxyl groups excluding tert-OH is 1. The van der Waals surface area contributed by atoms with E-state index in [0.717, 1.165) is 59.8 Å². The fraction of sp³-hybridized carbons (Fsp3) is 0.0625. The van der Waals surface area contributed by atoms with Crippen molar-refractivity contribution in [2.45, 2.75) is 0 Å². The predicted octanol–water partition coefficient (Wildman–Crippen LogP) is 8.60. The molecular weight excluding hydrogens is 558 g/mol. The van der Waals surface area contributed by atoms with Gasteiger partial charge < -0.3 is 10.4 Å². The summed E-state index contributed by atoms with van der Waals surface area (Å²) in [6.45, 7) is 0.345. The fourth-order valence-electron chi connectivity index (χ4n) is 4.88. The van der Waals surface area contributed by atoms with Gasteiger partial charge in [0.2, 0.25) is 0 Å². The molecule has 2 heterocycles. The van der Waals surface area contributed by atoms with Crippen LogP contribution in [0.25, 0.3) is 55.3 Å². The molecule has 6 rings (SSSR count). The SMILES string of the molecule is OCCNc1nc2ccc(Br)cc2c(-c2ccccc2)c1-c1cc(-c2ccccc2)c2ccc(Cl)cc2n1. The van der Waals surface area contributed by atoms with Gasteiger partial charge in [-0.05, 0) is 53.1 Å². The number of hydrogen-bond donors (Lipinski definition) is 2. The quantitative estimate of drug-likeness (QED) is 0.207. The van der Waals surface area contributed by atoms with Crippen LogP contribution in [-0.2, 0) is 0 Å². The Balaban J connectivity index is 1.76. The minimum absolute atomic E-state index is 0.0177. The van der Waals surface area contributed by atoms with Crippen molar-refractivity contribution >= 4 is 55.2 Å². The van der Waals surface area contributed by atoms with Crippen molar-refractivity contribution in [3.8, 4) is 33.5 Å². The van der Waals surface area contributed by atoms with E-state index in [2.05, 4.69) is 57.6 Å². The molecule has 2 aromatic heterocycles. The Labute approximate surface area is 234 Å². The lowest BCUT2D eigenvalue weighted by molar-refractivity contribution is 0.311. The van der Waals surface area contributed by atoms with Crippen LogP contribution in [0.2, 0.25) is 5.02 Å². The van der Waals surface area contributed by atoms with E-state index in [-0.39, 0.29) is 6.61 Å². The minimum Gasteiger partial charge on any atom is -0.395 e. The number of hydrogen-bond acceptors (Lipinski definition) is 4. The predicted molar refractivity (Wildman–Crippen MR) is 162 cm³/mol. The van der Waals surface area contributed by atoms with Crippen molar-refractivity contribution in [1.82, 2.24) is 9.97 Å².